The number of allylic oxidation sites excluding steroid dienone is 1. The summed E-state index contributed by atoms with van der Waals surface area (Å²) in [7, 11) is 0. The van der Waals surface area contributed by atoms with Crippen LogP contribution in [0.1, 0.15) is 10.4 Å². The van der Waals surface area contributed by atoms with E-state index >= 15 is 0 Å². The highest BCUT2D eigenvalue weighted by Gasteiger charge is 2.06. The zero-order valence-electron chi connectivity index (χ0n) is 8.36. The molecule has 2 aromatic rings. The van der Waals surface area contributed by atoms with E-state index in [0.717, 1.165) is 17.2 Å². The fraction of sp³-hybridized carbons (Fsp3) is 0.0833. The van der Waals surface area contributed by atoms with Gasteiger partial charge in [-0.25, -0.2) is 0 Å². The summed E-state index contributed by atoms with van der Waals surface area (Å²) < 4.78 is 1.90. The van der Waals surface area contributed by atoms with Gasteiger partial charge in [0.05, 0.1) is 12.1 Å². The Morgan fingerprint density at radius 2 is 2.19 bits per heavy atom. The molecule has 0 aliphatic carbocycles. The minimum Gasteiger partial charge on any atom is -0.342 e. The van der Waals surface area contributed by atoms with Crippen molar-refractivity contribution in [3.8, 4) is 0 Å². The van der Waals surface area contributed by atoms with E-state index in [1.54, 1.807) is 6.07 Å². The molecular formula is C12H9Cl2NO. The normalized spacial score (nSPS) is 12.0. The first kappa shape index (κ1) is 11.2. The number of carbonyl (C=O) groups is 1. The molecule has 1 aromatic heterocycles. The Morgan fingerprint density at radius 3 is 2.88 bits per heavy atom. The van der Waals surface area contributed by atoms with E-state index in [0.29, 0.717) is 17.1 Å². The summed E-state index contributed by atoms with van der Waals surface area (Å²) in [6, 6.07) is 7.54. The maximum absolute atomic E-state index is 10.9. The fourth-order valence-corrected chi connectivity index (χ4v) is 1.91. The van der Waals surface area contributed by atoms with Gasteiger partial charge in [-0.3, -0.25) is 4.79 Å². The van der Waals surface area contributed by atoms with Crippen LogP contribution in [0.25, 0.3) is 10.9 Å². The van der Waals surface area contributed by atoms with Crippen molar-refractivity contribution < 1.29 is 4.79 Å². The van der Waals surface area contributed by atoms with Gasteiger partial charge in [0.2, 0.25) is 0 Å². The van der Waals surface area contributed by atoms with Crippen LogP contribution in [0.4, 0.5) is 0 Å². The first-order chi connectivity index (χ1) is 7.76. The fourth-order valence-electron chi connectivity index (χ4n) is 1.72. The van der Waals surface area contributed by atoms with Crippen LogP contribution < -0.4 is 0 Å². The number of benzene rings is 1. The largest absolute Gasteiger partial charge is 0.342 e. The number of hydrogen-bond acceptors (Lipinski definition) is 1. The van der Waals surface area contributed by atoms with Crippen molar-refractivity contribution >= 4 is 40.4 Å². The van der Waals surface area contributed by atoms with Gasteiger partial charge in [0.25, 0.3) is 0 Å². The van der Waals surface area contributed by atoms with Crippen molar-refractivity contribution in [1.29, 1.82) is 0 Å². The zero-order chi connectivity index (χ0) is 11.5. The number of aldehydes is 1. The lowest BCUT2D eigenvalue weighted by atomic mass is 10.1. The number of hydrogen-bond donors (Lipinski definition) is 0. The maximum Gasteiger partial charge on any atom is 0.152 e. The smallest absolute Gasteiger partial charge is 0.152 e. The molecule has 0 amide bonds. The molecule has 0 bridgehead atoms. The van der Waals surface area contributed by atoms with Crippen LogP contribution in [0.3, 0.4) is 0 Å². The molecule has 0 spiro atoms. The van der Waals surface area contributed by atoms with Crippen LogP contribution in [0.2, 0.25) is 0 Å². The van der Waals surface area contributed by atoms with Gasteiger partial charge in [0.15, 0.2) is 6.29 Å². The van der Waals surface area contributed by atoms with Crippen LogP contribution in [0, 0.1) is 0 Å². The van der Waals surface area contributed by atoms with Gasteiger partial charge in [0.1, 0.15) is 0 Å². The second kappa shape index (κ2) is 4.73. The molecule has 0 unspecified atom stereocenters. The molecule has 0 saturated heterocycles. The molecule has 2 nitrogen and oxygen atoms in total. The molecule has 1 aromatic carbocycles. The summed E-state index contributed by atoms with van der Waals surface area (Å²) in [6.07, 6.45) is 2.73. The summed E-state index contributed by atoms with van der Waals surface area (Å²) in [5.41, 5.74) is 2.87. The molecule has 0 saturated carbocycles. The predicted octanol–water partition coefficient (Wildman–Crippen LogP) is 3.77. The summed E-state index contributed by atoms with van der Waals surface area (Å²) in [4.78, 5) is 10.9. The van der Waals surface area contributed by atoms with Gasteiger partial charge >= 0.3 is 0 Å². The Balaban J connectivity index is 2.58. The Bertz CT molecular complexity index is 557. The molecule has 4 heteroatoms. The minimum atomic E-state index is 0.472. The molecule has 16 heavy (non-hydrogen) atoms. The standard InChI is InChI=1S/C12H9Cl2NO/c13-6-11(14)7-15-5-4-9-2-1-3-10(8-16)12(9)15/h1-6,8H,7H2/b11-6+. The first-order valence-electron chi connectivity index (χ1n) is 4.74. The molecule has 0 N–H and O–H groups in total. The van der Waals surface area contributed by atoms with Gasteiger partial charge in [0, 0.05) is 27.7 Å². The highest BCUT2D eigenvalue weighted by Crippen LogP contribution is 2.21. The highest BCUT2D eigenvalue weighted by molar-refractivity contribution is 6.36. The lowest BCUT2D eigenvalue weighted by Gasteiger charge is -2.05. The van der Waals surface area contributed by atoms with Gasteiger partial charge < -0.3 is 4.57 Å². The highest BCUT2D eigenvalue weighted by atomic mass is 35.5. The molecule has 82 valence electrons. The van der Waals surface area contributed by atoms with Crippen LogP contribution >= 0.6 is 23.2 Å². The minimum absolute atomic E-state index is 0.472. The van der Waals surface area contributed by atoms with E-state index < -0.39 is 0 Å². The number of fused-ring (bicyclic) bond motifs is 1. The van der Waals surface area contributed by atoms with Crippen LogP contribution in [-0.2, 0) is 6.54 Å². The molecule has 0 fully saturated rings. The number of para-hydroxylation sites is 1. The van der Waals surface area contributed by atoms with E-state index in [1.165, 1.54) is 5.54 Å². The van der Waals surface area contributed by atoms with Crippen LogP contribution in [0.5, 0.6) is 0 Å². The first-order valence-corrected chi connectivity index (χ1v) is 5.55. The van der Waals surface area contributed by atoms with Crippen molar-refractivity contribution in [2.45, 2.75) is 6.54 Å². The van der Waals surface area contributed by atoms with Gasteiger partial charge in [-0.1, -0.05) is 35.3 Å². The van der Waals surface area contributed by atoms with E-state index in [-0.39, 0.29) is 0 Å². The lowest BCUT2D eigenvalue weighted by molar-refractivity contribution is 0.112. The Labute approximate surface area is 103 Å². The second-order valence-corrected chi connectivity index (χ2v) is 4.11. The summed E-state index contributed by atoms with van der Waals surface area (Å²) in [5.74, 6) is 0. The van der Waals surface area contributed by atoms with Crippen LogP contribution in [0.15, 0.2) is 41.0 Å². The van der Waals surface area contributed by atoms with E-state index in [9.17, 15) is 4.79 Å². The van der Waals surface area contributed by atoms with Crippen molar-refractivity contribution in [1.82, 2.24) is 4.57 Å². The number of nitrogens with zero attached hydrogens (tertiary/aromatic N) is 1. The summed E-state index contributed by atoms with van der Waals surface area (Å²) in [5, 5.41) is 1.54. The Kier molecular flexibility index (Phi) is 3.32. The molecule has 0 radical (unpaired) electrons. The van der Waals surface area contributed by atoms with Crippen molar-refractivity contribution in [3.05, 3.63) is 46.6 Å². The molecule has 1 heterocycles. The molecule has 0 aliphatic heterocycles. The Morgan fingerprint density at radius 1 is 1.38 bits per heavy atom. The number of rotatable bonds is 3. The van der Waals surface area contributed by atoms with E-state index in [1.807, 2.05) is 29.0 Å². The number of aromatic nitrogens is 1. The van der Waals surface area contributed by atoms with E-state index in [4.69, 9.17) is 23.2 Å². The van der Waals surface area contributed by atoms with Crippen LogP contribution in [-0.4, -0.2) is 10.9 Å². The zero-order valence-corrected chi connectivity index (χ0v) is 9.87. The lowest BCUT2D eigenvalue weighted by Crippen LogP contribution is -1.98. The second-order valence-electron chi connectivity index (χ2n) is 3.40. The SMILES string of the molecule is O=Cc1cccc2ccn(C/C(Cl)=C\Cl)c12. The van der Waals surface area contributed by atoms with Gasteiger partial charge in [-0.15, -0.1) is 0 Å². The summed E-state index contributed by atoms with van der Waals surface area (Å²) >= 11 is 11.4. The average Bonchev–Trinajstić information content (AvgIpc) is 2.72. The third kappa shape index (κ3) is 1.99. The summed E-state index contributed by atoms with van der Waals surface area (Å²) in [6.45, 7) is 0.472. The average molecular weight is 254 g/mol. The monoisotopic (exact) mass is 253 g/mol. The van der Waals surface area contributed by atoms with E-state index in [2.05, 4.69) is 0 Å². The third-order valence-electron chi connectivity index (χ3n) is 2.39. The molecule has 0 atom stereocenters. The molecule has 2 rings (SSSR count). The number of halogens is 2. The molecule has 0 aliphatic rings. The predicted molar refractivity (Wildman–Crippen MR) is 67.1 cm³/mol. The molecular weight excluding hydrogens is 245 g/mol. The maximum atomic E-state index is 10.9. The van der Waals surface area contributed by atoms with Crippen molar-refractivity contribution in [2.24, 2.45) is 0 Å². The third-order valence-corrected chi connectivity index (χ3v) is 2.99. The topological polar surface area (TPSA) is 22.0 Å². The van der Waals surface area contributed by atoms with Gasteiger partial charge in [-0.2, -0.15) is 0 Å². The quantitative estimate of drug-likeness (QED) is 0.764. The van der Waals surface area contributed by atoms with Crippen molar-refractivity contribution in [3.63, 3.8) is 0 Å². The number of carbonyl (C=O) groups excluding carboxylic acids is 1. The van der Waals surface area contributed by atoms with Gasteiger partial charge in [-0.05, 0) is 12.1 Å². The van der Waals surface area contributed by atoms with Crippen molar-refractivity contribution in [2.75, 3.05) is 0 Å². The Hall–Kier alpha value is -1.25.